The van der Waals surface area contributed by atoms with Gasteiger partial charge in [-0.15, -0.1) is 0 Å². The molecule has 7 nitrogen and oxygen atoms in total. The van der Waals surface area contributed by atoms with Crippen LogP contribution in [0.4, 0.5) is 4.79 Å². The first-order chi connectivity index (χ1) is 13.1. The van der Waals surface area contributed by atoms with E-state index in [0.717, 1.165) is 68.0 Å². The summed E-state index contributed by atoms with van der Waals surface area (Å²) >= 11 is 0. The summed E-state index contributed by atoms with van der Waals surface area (Å²) in [4.78, 5) is 17.0. The van der Waals surface area contributed by atoms with Crippen molar-refractivity contribution in [2.75, 3.05) is 67.2 Å². The van der Waals surface area contributed by atoms with Gasteiger partial charge in [0.2, 0.25) is 0 Å². The molecule has 0 aliphatic carbocycles. The largest absolute Gasteiger partial charge is 0.497 e. The maximum atomic E-state index is 12.7. The van der Waals surface area contributed by atoms with E-state index in [1.54, 1.807) is 11.7 Å². The molecule has 0 unspecified atom stereocenters. The average Bonchev–Trinajstić information content (AvgIpc) is 3.05. The number of rotatable bonds is 7. The van der Waals surface area contributed by atoms with E-state index in [1.807, 2.05) is 38.5 Å². The SMILES string of the molecule is COc1ccc2c(c1)c(CCN(C)C)cn2C(=O)OCCN1CCOCC1. The number of hydrogen-bond donors (Lipinski definition) is 0. The summed E-state index contributed by atoms with van der Waals surface area (Å²) in [5, 5.41) is 1.03. The van der Waals surface area contributed by atoms with Crippen molar-refractivity contribution < 1.29 is 19.0 Å². The van der Waals surface area contributed by atoms with Gasteiger partial charge in [-0.25, -0.2) is 4.79 Å². The third-order valence-corrected chi connectivity index (χ3v) is 4.86. The van der Waals surface area contributed by atoms with Crippen LogP contribution in [0.2, 0.25) is 0 Å². The van der Waals surface area contributed by atoms with Crippen molar-refractivity contribution >= 4 is 17.0 Å². The highest BCUT2D eigenvalue weighted by Crippen LogP contribution is 2.27. The highest BCUT2D eigenvalue weighted by Gasteiger charge is 2.17. The molecule has 2 heterocycles. The minimum absolute atomic E-state index is 0.338. The molecule has 1 aromatic carbocycles. The van der Waals surface area contributed by atoms with E-state index in [0.29, 0.717) is 6.61 Å². The Morgan fingerprint density at radius 2 is 2.04 bits per heavy atom. The summed E-state index contributed by atoms with van der Waals surface area (Å²) in [6.45, 7) is 5.27. The van der Waals surface area contributed by atoms with Crippen LogP contribution < -0.4 is 4.74 Å². The third-order valence-electron chi connectivity index (χ3n) is 4.86. The Morgan fingerprint density at radius 1 is 1.26 bits per heavy atom. The number of nitrogens with zero attached hydrogens (tertiary/aromatic N) is 3. The van der Waals surface area contributed by atoms with Crippen molar-refractivity contribution in [1.29, 1.82) is 0 Å². The molecule has 0 spiro atoms. The Morgan fingerprint density at radius 3 is 2.74 bits per heavy atom. The first-order valence-corrected chi connectivity index (χ1v) is 9.38. The van der Waals surface area contributed by atoms with Crippen LogP contribution in [0.15, 0.2) is 24.4 Å². The molecule has 0 radical (unpaired) electrons. The maximum absolute atomic E-state index is 12.7. The van der Waals surface area contributed by atoms with Gasteiger partial charge in [-0.1, -0.05) is 0 Å². The second-order valence-corrected chi connectivity index (χ2v) is 7.03. The monoisotopic (exact) mass is 375 g/mol. The first kappa shape index (κ1) is 19.7. The van der Waals surface area contributed by atoms with Crippen molar-refractivity contribution in [2.45, 2.75) is 6.42 Å². The molecule has 1 saturated heterocycles. The molecule has 2 aromatic rings. The lowest BCUT2D eigenvalue weighted by Crippen LogP contribution is -2.38. The van der Waals surface area contributed by atoms with Gasteiger partial charge < -0.3 is 19.1 Å². The summed E-state index contributed by atoms with van der Waals surface area (Å²) in [7, 11) is 5.73. The third kappa shape index (κ3) is 5.00. The van der Waals surface area contributed by atoms with Crippen LogP contribution in [0.25, 0.3) is 10.9 Å². The minimum Gasteiger partial charge on any atom is -0.497 e. The number of benzene rings is 1. The molecule has 1 aromatic heterocycles. The molecule has 27 heavy (non-hydrogen) atoms. The van der Waals surface area contributed by atoms with Crippen molar-refractivity contribution in [1.82, 2.24) is 14.4 Å². The molecule has 1 aliphatic rings. The van der Waals surface area contributed by atoms with Gasteiger partial charge in [-0.05, 0) is 44.3 Å². The lowest BCUT2D eigenvalue weighted by molar-refractivity contribution is 0.0283. The number of carbonyl (C=O) groups excluding carboxylic acids is 1. The minimum atomic E-state index is -0.338. The molecule has 0 N–H and O–H groups in total. The standard InChI is InChI=1S/C20H29N3O4/c1-21(2)7-6-16-15-23(19-5-4-17(25-3)14-18(16)19)20(24)27-13-10-22-8-11-26-12-9-22/h4-5,14-15H,6-13H2,1-3H3. The van der Waals surface area contributed by atoms with Crippen molar-refractivity contribution in [3.05, 3.63) is 30.0 Å². The molecular formula is C20H29N3O4. The Balaban J connectivity index is 1.72. The second-order valence-electron chi connectivity index (χ2n) is 7.03. The van der Waals surface area contributed by atoms with E-state index in [1.165, 1.54) is 0 Å². The maximum Gasteiger partial charge on any atom is 0.418 e. The highest BCUT2D eigenvalue weighted by molar-refractivity contribution is 5.92. The number of ether oxygens (including phenoxy) is 3. The van der Waals surface area contributed by atoms with Crippen LogP contribution in [0.1, 0.15) is 5.56 Å². The zero-order valence-corrected chi connectivity index (χ0v) is 16.4. The van der Waals surface area contributed by atoms with Gasteiger partial charge in [0.25, 0.3) is 0 Å². The van der Waals surface area contributed by atoms with Crippen LogP contribution in [0.5, 0.6) is 5.75 Å². The van der Waals surface area contributed by atoms with Gasteiger partial charge >= 0.3 is 6.09 Å². The molecule has 0 saturated carbocycles. The molecular weight excluding hydrogens is 346 g/mol. The summed E-state index contributed by atoms with van der Waals surface area (Å²) in [5.74, 6) is 0.784. The van der Waals surface area contributed by atoms with E-state index in [-0.39, 0.29) is 6.09 Å². The predicted molar refractivity (Wildman–Crippen MR) is 105 cm³/mol. The van der Waals surface area contributed by atoms with Gasteiger partial charge in [-0.2, -0.15) is 0 Å². The zero-order chi connectivity index (χ0) is 19.2. The predicted octanol–water partition coefficient (Wildman–Crippen LogP) is 2.07. The van der Waals surface area contributed by atoms with Crippen molar-refractivity contribution in [2.24, 2.45) is 0 Å². The number of methoxy groups -OCH3 is 1. The zero-order valence-electron chi connectivity index (χ0n) is 16.4. The number of likely N-dealkylation sites (N-methyl/N-ethyl adjacent to an activating group) is 1. The van der Waals surface area contributed by atoms with E-state index in [9.17, 15) is 4.79 Å². The Kier molecular flexibility index (Phi) is 6.71. The number of aromatic nitrogens is 1. The van der Waals surface area contributed by atoms with Crippen LogP contribution in [0.3, 0.4) is 0 Å². The van der Waals surface area contributed by atoms with Crippen LogP contribution >= 0.6 is 0 Å². The lowest BCUT2D eigenvalue weighted by Gasteiger charge is -2.26. The summed E-state index contributed by atoms with van der Waals surface area (Å²) in [5.41, 5.74) is 1.96. The molecule has 7 heteroatoms. The van der Waals surface area contributed by atoms with E-state index in [2.05, 4.69) is 9.80 Å². The van der Waals surface area contributed by atoms with E-state index in [4.69, 9.17) is 14.2 Å². The highest BCUT2D eigenvalue weighted by atomic mass is 16.5. The summed E-state index contributed by atoms with van der Waals surface area (Å²) in [6, 6.07) is 5.77. The molecule has 1 aliphatic heterocycles. The molecule has 3 rings (SSSR count). The fourth-order valence-electron chi connectivity index (χ4n) is 3.26. The normalized spacial score (nSPS) is 15.4. The smallest absolute Gasteiger partial charge is 0.418 e. The van der Waals surface area contributed by atoms with Gasteiger partial charge in [0.05, 0.1) is 25.8 Å². The van der Waals surface area contributed by atoms with Crippen molar-refractivity contribution in [3.8, 4) is 5.75 Å². The van der Waals surface area contributed by atoms with Gasteiger partial charge in [0, 0.05) is 37.8 Å². The fraction of sp³-hybridized carbons (Fsp3) is 0.550. The van der Waals surface area contributed by atoms with Gasteiger partial charge in [-0.3, -0.25) is 9.47 Å². The summed E-state index contributed by atoms with van der Waals surface area (Å²) < 4.78 is 17.8. The summed E-state index contributed by atoms with van der Waals surface area (Å²) in [6.07, 6.45) is 2.41. The average molecular weight is 375 g/mol. The number of carbonyl (C=O) groups is 1. The number of morpholine rings is 1. The van der Waals surface area contributed by atoms with Crippen LogP contribution in [-0.4, -0.2) is 87.7 Å². The Bertz CT molecular complexity index is 766. The Hall–Kier alpha value is -2.09. The van der Waals surface area contributed by atoms with Gasteiger partial charge in [0.15, 0.2) is 0 Å². The van der Waals surface area contributed by atoms with E-state index >= 15 is 0 Å². The molecule has 0 atom stereocenters. The number of fused-ring (bicyclic) bond motifs is 1. The quantitative estimate of drug-likeness (QED) is 0.739. The second kappa shape index (κ2) is 9.21. The Labute approximate surface area is 160 Å². The molecule has 0 bridgehead atoms. The molecule has 0 amide bonds. The van der Waals surface area contributed by atoms with Gasteiger partial charge in [0.1, 0.15) is 12.4 Å². The molecule has 1 fully saturated rings. The lowest BCUT2D eigenvalue weighted by atomic mass is 10.1. The van der Waals surface area contributed by atoms with Crippen LogP contribution in [0, 0.1) is 0 Å². The van der Waals surface area contributed by atoms with Crippen molar-refractivity contribution in [3.63, 3.8) is 0 Å². The fourth-order valence-corrected chi connectivity index (χ4v) is 3.26. The van der Waals surface area contributed by atoms with Crippen LogP contribution in [-0.2, 0) is 15.9 Å². The number of hydrogen-bond acceptors (Lipinski definition) is 6. The van der Waals surface area contributed by atoms with E-state index < -0.39 is 0 Å². The topological polar surface area (TPSA) is 56.2 Å². The molecule has 148 valence electrons. The first-order valence-electron chi connectivity index (χ1n) is 9.38.